The van der Waals surface area contributed by atoms with Gasteiger partial charge in [-0.3, -0.25) is 4.68 Å². The van der Waals surface area contributed by atoms with Crippen molar-refractivity contribution in [1.29, 1.82) is 5.26 Å². The Labute approximate surface area is 77.0 Å². The smallest absolute Gasteiger partial charge is 0.128 e. The van der Waals surface area contributed by atoms with Crippen LogP contribution in [0.15, 0.2) is 6.20 Å². The molecule has 0 spiro atoms. The van der Waals surface area contributed by atoms with E-state index in [1.165, 1.54) is 0 Å². The lowest BCUT2D eigenvalue weighted by molar-refractivity contribution is 0.541. The molecule has 1 aromatic rings. The summed E-state index contributed by atoms with van der Waals surface area (Å²) in [5.74, 6) is 0. The second-order valence-electron chi connectivity index (χ2n) is 3.36. The number of aromatic nitrogens is 2. The van der Waals surface area contributed by atoms with Crippen LogP contribution in [0, 0.1) is 11.3 Å². The number of nitrogens with zero attached hydrogens (tertiary/aromatic N) is 3. The molecular formula is C9H12N4. The third-order valence-electron chi connectivity index (χ3n) is 2.53. The highest BCUT2D eigenvalue weighted by Gasteiger charge is 2.20. The van der Waals surface area contributed by atoms with E-state index < -0.39 is 0 Å². The Hall–Kier alpha value is -1.34. The van der Waals surface area contributed by atoms with Crippen LogP contribution < -0.4 is 5.73 Å². The van der Waals surface area contributed by atoms with Crippen molar-refractivity contribution in [3.63, 3.8) is 0 Å². The van der Waals surface area contributed by atoms with Crippen molar-refractivity contribution in [1.82, 2.24) is 9.78 Å². The van der Waals surface area contributed by atoms with Gasteiger partial charge in [0.2, 0.25) is 0 Å². The molecule has 0 amide bonds. The van der Waals surface area contributed by atoms with Crippen molar-refractivity contribution in [2.75, 3.05) is 0 Å². The average Bonchev–Trinajstić information content (AvgIpc) is 2.51. The van der Waals surface area contributed by atoms with E-state index in [0.717, 1.165) is 30.5 Å². The Bertz CT molecular complexity index is 347. The van der Waals surface area contributed by atoms with Crippen molar-refractivity contribution in [2.45, 2.75) is 31.8 Å². The monoisotopic (exact) mass is 176 g/mol. The number of hydrogen-bond acceptors (Lipinski definition) is 3. The molecule has 0 saturated heterocycles. The van der Waals surface area contributed by atoms with Crippen molar-refractivity contribution >= 4 is 0 Å². The minimum Gasteiger partial charge on any atom is -0.324 e. The third kappa shape index (κ3) is 1.31. The molecule has 2 N–H and O–H groups in total. The van der Waals surface area contributed by atoms with Gasteiger partial charge in [0.05, 0.1) is 12.3 Å². The Morgan fingerprint density at radius 1 is 1.77 bits per heavy atom. The molecule has 0 saturated carbocycles. The fourth-order valence-electron chi connectivity index (χ4n) is 1.86. The minimum absolute atomic E-state index is 0.121. The van der Waals surface area contributed by atoms with E-state index in [9.17, 15) is 0 Å². The Balaban J connectivity index is 2.37. The van der Waals surface area contributed by atoms with Crippen LogP contribution >= 0.6 is 0 Å². The summed E-state index contributed by atoms with van der Waals surface area (Å²) < 4.78 is 1.76. The average molecular weight is 176 g/mol. The standard InChI is InChI=1S/C9H12N4/c10-4-5-13-9-3-1-2-8(11)7(9)6-12-13/h6,8H,1-3,5,11H2. The fraction of sp³-hybridized carbons (Fsp3) is 0.556. The molecule has 4 heteroatoms. The van der Waals surface area contributed by atoms with Crippen LogP contribution in [0.5, 0.6) is 0 Å². The van der Waals surface area contributed by atoms with Crippen LogP contribution in [0.2, 0.25) is 0 Å². The van der Waals surface area contributed by atoms with Gasteiger partial charge in [-0.05, 0) is 19.3 Å². The maximum absolute atomic E-state index is 8.56. The molecule has 1 atom stereocenters. The first-order valence-corrected chi connectivity index (χ1v) is 4.50. The Morgan fingerprint density at radius 2 is 2.62 bits per heavy atom. The molecule has 1 aliphatic rings. The van der Waals surface area contributed by atoms with Crippen molar-refractivity contribution < 1.29 is 0 Å². The molecule has 0 bridgehead atoms. The van der Waals surface area contributed by atoms with Gasteiger partial charge in [0, 0.05) is 17.3 Å². The zero-order valence-corrected chi connectivity index (χ0v) is 7.40. The molecule has 0 fully saturated rings. The van der Waals surface area contributed by atoms with Gasteiger partial charge in [-0.25, -0.2) is 0 Å². The molecular weight excluding hydrogens is 164 g/mol. The molecule has 1 aliphatic carbocycles. The van der Waals surface area contributed by atoms with E-state index in [1.807, 2.05) is 0 Å². The van der Waals surface area contributed by atoms with Gasteiger partial charge in [-0.15, -0.1) is 0 Å². The van der Waals surface area contributed by atoms with Gasteiger partial charge in [0.25, 0.3) is 0 Å². The fourth-order valence-corrected chi connectivity index (χ4v) is 1.86. The minimum atomic E-state index is 0.121. The lowest BCUT2D eigenvalue weighted by Gasteiger charge is -2.18. The largest absolute Gasteiger partial charge is 0.324 e. The van der Waals surface area contributed by atoms with Gasteiger partial charge in [-0.2, -0.15) is 10.4 Å². The van der Waals surface area contributed by atoms with E-state index >= 15 is 0 Å². The topological polar surface area (TPSA) is 67.6 Å². The van der Waals surface area contributed by atoms with Gasteiger partial charge < -0.3 is 5.73 Å². The first-order valence-electron chi connectivity index (χ1n) is 4.50. The third-order valence-corrected chi connectivity index (χ3v) is 2.53. The van der Waals surface area contributed by atoms with Gasteiger partial charge in [-0.1, -0.05) is 0 Å². The quantitative estimate of drug-likeness (QED) is 0.686. The van der Waals surface area contributed by atoms with Crippen LogP contribution in [-0.2, 0) is 13.0 Å². The summed E-state index contributed by atoms with van der Waals surface area (Å²) in [6, 6.07) is 2.22. The molecule has 0 radical (unpaired) electrons. The van der Waals surface area contributed by atoms with E-state index in [4.69, 9.17) is 11.0 Å². The first kappa shape index (κ1) is 8.27. The normalized spacial score (nSPS) is 20.8. The molecule has 1 aromatic heterocycles. The summed E-state index contributed by atoms with van der Waals surface area (Å²) in [6.07, 6.45) is 4.94. The second kappa shape index (κ2) is 3.19. The number of nitriles is 1. The zero-order valence-electron chi connectivity index (χ0n) is 7.40. The maximum atomic E-state index is 8.56. The Morgan fingerprint density at radius 3 is 3.38 bits per heavy atom. The van der Waals surface area contributed by atoms with Crippen molar-refractivity contribution in [3.05, 3.63) is 17.5 Å². The summed E-state index contributed by atoms with van der Waals surface area (Å²) in [5.41, 5.74) is 8.20. The molecule has 13 heavy (non-hydrogen) atoms. The van der Waals surface area contributed by atoms with E-state index in [0.29, 0.717) is 6.54 Å². The van der Waals surface area contributed by atoms with Crippen molar-refractivity contribution in [2.24, 2.45) is 5.73 Å². The van der Waals surface area contributed by atoms with Gasteiger partial charge in [0.1, 0.15) is 6.54 Å². The molecule has 0 aromatic carbocycles. The highest BCUT2D eigenvalue weighted by molar-refractivity contribution is 5.24. The molecule has 2 rings (SSSR count). The van der Waals surface area contributed by atoms with Gasteiger partial charge in [0.15, 0.2) is 0 Å². The van der Waals surface area contributed by atoms with Gasteiger partial charge >= 0.3 is 0 Å². The number of nitrogens with two attached hydrogens (primary N) is 1. The maximum Gasteiger partial charge on any atom is 0.128 e. The lowest BCUT2D eigenvalue weighted by atomic mass is 9.94. The number of rotatable bonds is 1. The molecule has 1 unspecified atom stereocenters. The highest BCUT2D eigenvalue weighted by atomic mass is 15.3. The summed E-state index contributed by atoms with van der Waals surface area (Å²) in [7, 11) is 0. The van der Waals surface area contributed by atoms with Crippen LogP contribution in [0.1, 0.15) is 30.1 Å². The molecule has 1 heterocycles. The van der Waals surface area contributed by atoms with Crippen LogP contribution in [-0.4, -0.2) is 9.78 Å². The van der Waals surface area contributed by atoms with Crippen LogP contribution in [0.3, 0.4) is 0 Å². The number of hydrogen-bond donors (Lipinski definition) is 1. The second-order valence-corrected chi connectivity index (χ2v) is 3.36. The lowest BCUT2D eigenvalue weighted by Crippen LogP contribution is -2.18. The van der Waals surface area contributed by atoms with Crippen molar-refractivity contribution in [3.8, 4) is 6.07 Å². The van der Waals surface area contributed by atoms with E-state index in [-0.39, 0.29) is 6.04 Å². The summed E-state index contributed by atoms with van der Waals surface area (Å²) >= 11 is 0. The predicted molar refractivity (Wildman–Crippen MR) is 47.7 cm³/mol. The van der Waals surface area contributed by atoms with Crippen LogP contribution in [0.4, 0.5) is 0 Å². The molecule has 4 nitrogen and oxygen atoms in total. The van der Waals surface area contributed by atoms with E-state index in [2.05, 4.69) is 11.2 Å². The summed E-state index contributed by atoms with van der Waals surface area (Å²) in [4.78, 5) is 0. The molecule has 0 aliphatic heterocycles. The highest BCUT2D eigenvalue weighted by Crippen LogP contribution is 2.27. The van der Waals surface area contributed by atoms with Crippen LogP contribution in [0.25, 0.3) is 0 Å². The summed E-state index contributed by atoms with van der Waals surface area (Å²) in [6.45, 7) is 0.335. The molecule has 68 valence electrons. The predicted octanol–water partition coefficient (Wildman–Crippen LogP) is 0.743. The number of fused-ring (bicyclic) bond motifs is 1. The summed E-state index contributed by atoms with van der Waals surface area (Å²) in [5, 5.41) is 12.7. The first-order chi connectivity index (χ1) is 6.33. The zero-order chi connectivity index (χ0) is 9.26. The van der Waals surface area contributed by atoms with E-state index in [1.54, 1.807) is 10.9 Å². The SMILES string of the molecule is N#CCn1ncc2c1CCCC2N. The Kier molecular flexibility index (Phi) is 2.03.